The number of allylic oxidation sites excluding steroid dienone is 1. The van der Waals surface area contributed by atoms with Crippen LogP contribution < -0.4 is 4.18 Å². The fourth-order valence-corrected chi connectivity index (χ4v) is 3.16. The maximum absolute atomic E-state index is 12.4. The fraction of sp³-hybridized carbons (Fsp3) is 0.222. The van der Waals surface area contributed by atoms with Gasteiger partial charge in [-0.1, -0.05) is 24.3 Å². The Morgan fingerprint density at radius 3 is 2.48 bits per heavy atom. The van der Waals surface area contributed by atoms with Gasteiger partial charge in [0.15, 0.2) is 0 Å². The maximum atomic E-state index is 12.4. The molecule has 2 aromatic carbocycles. The third kappa shape index (κ3) is 4.04. The van der Waals surface area contributed by atoms with Crippen LogP contribution in [0.25, 0.3) is 5.57 Å². The van der Waals surface area contributed by atoms with Crippen LogP contribution in [0.3, 0.4) is 0 Å². The van der Waals surface area contributed by atoms with E-state index in [2.05, 4.69) is 10.3 Å². The first-order valence-corrected chi connectivity index (χ1v) is 8.72. The minimum Gasteiger partial charge on any atom is -0.508 e. The number of phenols is 1. The quantitative estimate of drug-likeness (QED) is 0.853. The Morgan fingerprint density at radius 1 is 1.08 bits per heavy atom. The van der Waals surface area contributed by atoms with E-state index < -0.39 is 16.6 Å². The zero-order chi connectivity index (χ0) is 18.0. The molecule has 3 rings (SSSR count). The Morgan fingerprint density at radius 2 is 1.80 bits per heavy atom. The van der Waals surface area contributed by atoms with Crippen molar-refractivity contribution < 1.29 is 26.7 Å². The van der Waals surface area contributed by atoms with Crippen LogP contribution in [0.1, 0.15) is 29.5 Å². The van der Waals surface area contributed by atoms with Crippen LogP contribution in [-0.2, 0) is 17.5 Å². The second-order valence-electron chi connectivity index (χ2n) is 5.64. The van der Waals surface area contributed by atoms with Gasteiger partial charge >= 0.3 is 16.6 Å². The average molecular weight is 368 g/mol. The lowest BCUT2D eigenvalue weighted by Crippen LogP contribution is -2.21. The number of aromatic hydroxyl groups is 1. The van der Waals surface area contributed by atoms with E-state index in [1.807, 2.05) is 0 Å². The molecule has 0 saturated heterocycles. The summed E-state index contributed by atoms with van der Waals surface area (Å²) in [6.07, 6.45) is 4.44. The van der Waals surface area contributed by atoms with Crippen LogP contribution >= 0.6 is 0 Å². The van der Waals surface area contributed by atoms with E-state index in [-0.39, 0.29) is 11.5 Å². The monoisotopic (exact) mass is 368 g/mol. The first kappa shape index (κ1) is 17.5. The molecule has 0 amide bonds. The van der Waals surface area contributed by atoms with Crippen molar-refractivity contribution >= 4 is 16.7 Å². The van der Waals surface area contributed by atoms with Gasteiger partial charge in [-0.2, -0.15) is 13.2 Å². The van der Waals surface area contributed by atoms with Crippen LogP contribution in [0.2, 0.25) is 0 Å². The summed E-state index contributed by atoms with van der Waals surface area (Å²) in [5.41, 5.74) is -1.31. The summed E-state index contributed by atoms with van der Waals surface area (Å²) >= 11 is -3.38. The summed E-state index contributed by atoms with van der Waals surface area (Å²) in [4.78, 5) is 0. The lowest BCUT2D eigenvalue weighted by molar-refractivity contribution is -0.0437. The molecule has 0 heterocycles. The second kappa shape index (κ2) is 6.92. The minimum absolute atomic E-state index is 0.0682. The molecule has 0 aromatic heterocycles. The van der Waals surface area contributed by atoms with Crippen molar-refractivity contribution in [2.24, 2.45) is 0 Å². The van der Waals surface area contributed by atoms with E-state index in [1.165, 1.54) is 12.1 Å². The summed E-state index contributed by atoms with van der Waals surface area (Å²) in [5.74, 6) is 0.0953. The van der Waals surface area contributed by atoms with Crippen molar-refractivity contribution in [3.8, 4) is 11.5 Å². The van der Waals surface area contributed by atoms with Crippen LogP contribution in [0.4, 0.5) is 13.2 Å². The first-order chi connectivity index (χ1) is 11.8. The molecule has 132 valence electrons. The largest absolute Gasteiger partial charge is 0.508 e. The summed E-state index contributed by atoms with van der Waals surface area (Å²) in [6, 6.07) is 11.3. The van der Waals surface area contributed by atoms with Crippen molar-refractivity contribution in [2.75, 3.05) is 0 Å². The molecule has 0 radical (unpaired) electrons. The molecule has 1 atom stereocenters. The molecule has 0 fully saturated rings. The molecule has 1 aliphatic carbocycles. The van der Waals surface area contributed by atoms with Gasteiger partial charge in [0.05, 0.1) is 0 Å². The van der Waals surface area contributed by atoms with Gasteiger partial charge < -0.3 is 9.29 Å². The maximum Gasteiger partial charge on any atom is 0.508 e. The topological polar surface area (TPSA) is 46.5 Å². The van der Waals surface area contributed by atoms with Gasteiger partial charge in [-0.25, -0.2) is 4.21 Å². The predicted molar refractivity (Wildman–Crippen MR) is 89.4 cm³/mol. The molecule has 0 spiro atoms. The Labute approximate surface area is 145 Å². The molecule has 1 aliphatic rings. The SMILES string of the molecule is O=S(Oc1ccc2c(c1)CCCC=C2c1ccc(O)cc1)C(F)(F)F. The predicted octanol–water partition coefficient (Wildman–Crippen LogP) is 4.72. The van der Waals surface area contributed by atoms with Crippen LogP contribution in [0.15, 0.2) is 48.5 Å². The third-order valence-corrected chi connectivity index (χ3v) is 4.63. The zero-order valence-electron chi connectivity index (χ0n) is 13.0. The van der Waals surface area contributed by atoms with Crippen molar-refractivity contribution in [2.45, 2.75) is 24.8 Å². The Bertz CT molecular complexity index is 826. The highest BCUT2D eigenvalue weighted by molar-refractivity contribution is 7.81. The average Bonchev–Trinajstić information content (AvgIpc) is 2.77. The molecule has 7 heteroatoms. The number of halogens is 3. The molecule has 3 nitrogen and oxygen atoms in total. The highest BCUT2D eigenvalue weighted by atomic mass is 32.2. The molecular weight excluding hydrogens is 353 g/mol. The second-order valence-corrected chi connectivity index (χ2v) is 6.74. The van der Waals surface area contributed by atoms with E-state index in [0.29, 0.717) is 6.42 Å². The van der Waals surface area contributed by atoms with Crippen LogP contribution in [0.5, 0.6) is 11.5 Å². The molecule has 0 bridgehead atoms. The van der Waals surface area contributed by atoms with Gasteiger partial charge in [-0.3, -0.25) is 0 Å². The molecule has 25 heavy (non-hydrogen) atoms. The zero-order valence-corrected chi connectivity index (χ0v) is 13.9. The highest BCUT2D eigenvalue weighted by Crippen LogP contribution is 2.34. The van der Waals surface area contributed by atoms with Gasteiger partial charge in [-0.05, 0) is 65.8 Å². The van der Waals surface area contributed by atoms with Gasteiger partial charge in [-0.15, -0.1) is 0 Å². The molecule has 1 N–H and O–H groups in total. The minimum atomic E-state index is -4.91. The van der Waals surface area contributed by atoms with E-state index >= 15 is 0 Å². The first-order valence-electron chi connectivity index (χ1n) is 7.64. The number of phenolic OH excluding ortho intramolecular Hbond substituents is 1. The summed E-state index contributed by atoms with van der Waals surface area (Å²) in [6.45, 7) is 0. The number of rotatable bonds is 3. The van der Waals surface area contributed by atoms with E-state index in [9.17, 15) is 22.5 Å². The molecule has 0 aliphatic heterocycles. The highest BCUT2D eigenvalue weighted by Gasteiger charge is 2.40. The normalized spacial score (nSPS) is 15.7. The van der Waals surface area contributed by atoms with Gasteiger partial charge in [0.25, 0.3) is 0 Å². The summed E-state index contributed by atoms with van der Waals surface area (Å²) < 4.78 is 52.9. The molecular formula is C18H15F3O3S. The number of benzene rings is 2. The molecule has 1 unspecified atom stereocenters. The Kier molecular flexibility index (Phi) is 4.85. The Balaban J connectivity index is 1.94. The van der Waals surface area contributed by atoms with Crippen molar-refractivity contribution in [3.05, 3.63) is 65.2 Å². The third-order valence-electron chi connectivity index (χ3n) is 3.90. The number of fused-ring (bicyclic) bond motifs is 1. The Hall–Kier alpha value is -2.28. The van der Waals surface area contributed by atoms with E-state index in [4.69, 9.17) is 0 Å². The number of hydrogen-bond acceptors (Lipinski definition) is 3. The standard InChI is InChI=1S/C18H15F3O3S/c19-18(20,21)25(23)24-15-9-10-17-13(11-15)3-1-2-4-16(17)12-5-7-14(22)8-6-12/h4-11,22H,1-3H2. The van der Waals surface area contributed by atoms with Gasteiger partial charge in [0.1, 0.15) is 11.5 Å². The van der Waals surface area contributed by atoms with Crippen LogP contribution in [-0.4, -0.2) is 14.8 Å². The number of aryl methyl sites for hydroxylation is 1. The summed E-state index contributed by atoms with van der Waals surface area (Å²) in [7, 11) is 0. The van der Waals surface area contributed by atoms with Gasteiger partial charge in [0, 0.05) is 0 Å². The fourth-order valence-electron chi connectivity index (χ4n) is 2.79. The van der Waals surface area contributed by atoms with Crippen molar-refractivity contribution in [3.63, 3.8) is 0 Å². The van der Waals surface area contributed by atoms with E-state index in [0.717, 1.165) is 35.1 Å². The van der Waals surface area contributed by atoms with Crippen LogP contribution in [0, 0.1) is 0 Å². The van der Waals surface area contributed by atoms with Gasteiger partial charge in [0.2, 0.25) is 0 Å². The lowest BCUT2D eigenvalue weighted by atomic mass is 9.93. The number of alkyl halides is 3. The lowest BCUT2D eigenvalue weighted by Gasteiger charge is -2.14. The number of hydrogen-bond donors (Lipinski definition) is 1. The summed E-state index contributed by atoms with van der Waals surface area (Å²) in [5, 5.41) is 9.44. The molecule has 2 aromatic rings. The smallest absolute Gasteiger partial charge is 0.508 e. The van der Waals surface area contributed by atoms with E-state index in [1.54, 1.807) is 30.3 Å². The van der Waals surface area contributed by atoms with Crippen molar-refractivity contribution in [1.29, 1.82) is 0 Å². The molecule has 0 saturated carbocycles. The van der Waals surface area contributed by atoms with Crippen molar-refractivity contribution in [1.82, 2.24) is 0 Å².